The molecule has 0 atom stereocenters. The fourth-order valence-electron chi connectivity index (χ4n) is 14.9. The molecule has 0 amide bonds. The molecule has 9 heteroatoms. The highest BCUT2D eigenvalue weighted by Gasteiger charge is 2.18. The van der Waals surface area contributed by atoms with E-state index in [2.05, 4.69) is 378 Å². The van der Waals surface area contributed by atoms with Crippen molar-refractivity contribution in [1.29, 1.82) is 0 Å². The van der Waals surface area contributed by atoms with E-state index < -0.39 is 0 Å². The van der Waals surface area contributed by atoms with Gasteiger partial charge < -0.3 is 57.8 Å². The molecule has 0 fully saturated rings. The van der Waals surface area contributed by atoms with Gasteiger partial charge in [0.05, 0.1) is 42.3 Å². The van der Waals surface area contributed by atoms with Crippen molar-refractivity contribution in [1.82, 2.24) is 8.97 Å². The van der Waals surface area contributed by atoms with Crippen molar-refractivity contribution in [2.75, 3.05) is 80.3 Å². The molecule has 0 aliphatic rings. The lowest BCUT2D eigenvalue weighted by molar-refractivity contribution is -0.00100. The molecule has 0 spiro atoms. The molecule has 0 bridgehead atoms. The normalized spacial score (nSPS) is 11.3. The lowest BCUT2D eigenvalue weighted by atomic mass is 9.86. The topological polar surface area (TPSA) is 6.48 Å². The first-order valence-corrected chi connectivity index (χ1v) is 39.3. The number of quaternary nitrogens is 2. The monoisotopic (exact) mass is 1760 g/mol. The number of benzene rings is 17. The third kappa shape index (κ3) is 20.3. The number of halogens is 5. The first kappa shape index (κ1) is 84.9. The Kier molecular flexibility index (Phi) is 26.7. The smallest absolute Gasteiger partial charge is 0.132 e. The van der Waals surface area contributed by atoms with Crippen LogP contribution in [0.4, 0.5) is 35.9 Å². The van der Waals surface area contributed by atoms with Crippen LogP contribution in [0.15, 0.2) is 364 Å². The minimum atomic E-state index is -0.211. The number of hydrogen-bond acceptors (Lipinski definition) is 2. The molecule has 17 rings (SSSR count). The molecular formula is C108H99F3I2N4. The van der Waals surface area contributed by atoms with Crippen molar-refractivity contribution >= 4 is 65.8 Å². The summed E-state index contributed by atoms with van der Waals surface area (Å²) >= 11 is 0. The van der Waals surface area contributed by atoms with Gasteiger partial charge in [0.1, 0.15) is 28.8 Å². The molecule has 0 aliphatic carbocycles. The summed E-state index contributed by atoms with van der Waals surface area (Å²) in [5, 5.41) is 9.62. The van der Waals surface area contributed by atoms with E-state index in [4.69, 9.17) is 0 Å². The Morgan fingerprint density at radius 2 is 0.496 bits per heavy atom. The highest BCUT2D eigenvalue weighted by atomic mass is 127. The molecule has 17 aromatic rings. The van der Waals surface area contributed by atoms with Crippen molar-refractivity contribution in [3.05, 3.63) is 387 Å². The van der Waals surface area contributed by atoms with Crippen LogP contribution in [0.25, 0.3) is 143 Å². The molecule has 0 aliphatic heterocycles. The lowest BCUT2D eigenvalue weighted by Crippen LogP contribution is -3.00. The average Bonchev–Trinajstić information content (AvgIpc) is 0.792. The molecular weight excluding hydrogens is 1660 g/mol. The Hall–Kier alpha value is -11.5. The molecule has 0 saturated carbocycles. The molecule has 117 heavy (non-hydrogen) atoms. The van der Waals surface area contributed by atoms with Gasteiger partial charge in [0.25, 0.3) is 0 Å². The third-order valence-electron chi connectivity index (χ3n) is 21.6. The number of rotatable bonds is 13. The van der Waals surface area contributed by atoms with Gasteiger partial charge in [-0.3, -0.25) is 8.97 Å². The van der Waals surface area contributed by atoms with E-state index in [-0.39, 0.29) is 70.8 Å². The van der Waals surface area contributed by atoms with E-state index in [0.29, 0.717) is 0 Å². The van der Waals surface area contributed by atoms with Crippen LogP contribution in [-0.4, -0.2) is 70.5 Å². The van der Waals surface area contributed by atoms with Crippen LogP contribution < -0.4 is 66.7 Å². The van der Waals surface area contributed by atoms with Crippen LogP contribution in [0.5, 0.6) is 0 Å². The quantitative estimate of drug-likeness (QED) is 0.0838. The van der Waals surface area contributed by atoms with Gasteiger partial charge in [-0.2, -0.15) is 0 Å². The van der Waals surface area contributed by atoms with Crippen LogP contribution in [0.3, 0.4) is 0 Å². The van der Waals surface area contributed by atoms with Gasteiger partial charge in [-0.1, -0.05) is 257 Å². The van der Waals surface area contributed by atoms with Crippen molar-refractivity contribution in [3.63, 3.8) is 0 Å². The van der Waals surface area contributed by atoms with Gasteiger partial charge in [-0.15, -0.1) is 0 Å². The average molecular weight is 1760 g/mol. The van der Waals surface area contributed by atoms with E-state index in [1.165, 1.54) is 175 Å². The maximum absolute atomic E-state index is 13.3. The minimum absolute atomic E-state index is 0. The SMILES string of the molecule is CN(C)c1ccc(-c2ccc3c(-c4ccc(F)cc4)cccc3c2)cc1.CN(C)c1cccc(-c2ccc3c(-c4cccc(-c5ccc(C(C)(C)C)cc5)c4)cccc3c2)c1.C[N+](C)(C)c1ccc(-c2ccc3c(-c4ccc(F)cc4)cccc3c2)cc1.C[N+](C)(C)c1cccc(-c2ccc3c(-c4ccc(F)cc4)cccc3c2)c1.[I-].[I-]. The Bertz CT molecular complexity index is 6280. The maximum atomic E-state index is 13.3. The first-order chi connectivity index (χ1) is 55.2. The molecule has 586 valence electrons. The molecule has 0 unspecified atom stereocenters. The minimum Gasteiger partial charge on any atom is -1.00 e. The Morgan fingerprint density at radius 1 is 0.222 bits per heavy atom. The molecule has 0 aromatic heterocycles. The predicted molar refractivity (Wildman–Crippen MR) is 491 cm³/mol. The summed E-state index contributed by atoms with van der Waals surface area (Å²) in [4.78, 5) is 4.24. The van der Waals surface area contributed by atoms with Gasteiger partial charge in [-0.25, -0.2) is 13.2 Å². The summed E-state index contributed by atoms with van der Waals surface area (Å²) in [6, 6.07) is 125. The van der Waals surface area contributed by atoms with Gasteiger partial charge in [-0.05, 0) is 276 Å². The summed E-state index contributed by atoms with van der Waals surface area (Å²) in [6.07, 6.45) is 0. The van der Waals surface area contributed by atoms with E-state index >= 15 is 0 Å². The number of fused-ring (bicyclic) bond motifs is 4. The van der Waals surface area contributed by atoms with E-state index in [9.17, 15) is 13.2 Å². The summed E-state index contributed by atoms with van der Waals surface area (Å²) in [6.45, 7) is 6.77. The summed E-state index contributed by atoms with van der Waals surface area (Å²) in [5.41, 5.74) is 27.6. The molecule has 4 nitrogen and oxygen atoms in total. The Morgan fingerprint density at radius 3 is 0.855 bits per heavy atom. The molecule has 0 saturated heterocycles. The highest BCUT2D eigenvalue weighted by molar-refractivity contribution is 6.03. The van der Waals surface area contributed by atoms with Gasteiger partial charge in [0, 0.05) is 45.6 Å². The Labute approximate surface area is 723 Å². The summed E-state index contributed by atoms with van der Waals surface area (Å²) in [7, 11) is 21.3. The second-order valence-electron chi connectivity index (χ2n) is 32.9. The second kappa shape index (κ2) is 36.8. The number of hydrogen-bond donors (Lipinski definition) is 0. The second-order valence-corrected chi connectivity index (χ2v) is 32.9. The zero-order valence-corrected chi connectivity index (χ0v) is 73.1. The first-order valence-electron chi connectivity index (χ1n) is 39.3. The molecule has 0 heterocycles. The fourth-order valence-corrected chi connectivity index (χ4v) is 14.9. The van der Waals surface area contributed by atoms with E-state index in [1.54, 1.807) is 0 Å². The largest absolute Gasteiger partial charge is 1.00 e. The maximum Gasteiger partial charge on any atom is 0.132 e. The Balaban J connectivity index is 0.000000144. The van der Waals surface area contributed by atoms with Gasteiger partial charge in [0.2, 0.25) is 0 Å². The summed E-state index contributed by atoms with van der Waals surface area (Å²) < 4.78 is 41.4. The van der Waals surface area contributed by atoms with Crippen LogP contribution in [0.2, 0.25) is 0 Å². The van der Waals surface area contributed by atoms with Crippen LogP contribution >= 0.6 is 0 Å². The van der Waals surface area contributed by atoms with Crippen LogP contribution in [0.1, 0.15) is 26.3 Å². The highest BCUT2D eigenvalue weighted by Crippen LogP contribution is 2.40. The van der Waals surface area contributed by atoms with Crippen molar-refractivity contribution < 1.29 is 61.1 Å². The lowest BCUT2D eigenvalue weighted by Gasteiger charge is -2.23. The van der Waals surface area contributed by atoms with Gasteiger partial charge >= 0.3 is 0 Å². The predicted octanol–water partition coefficient (Wildman–Crippen LogP) is 22.6. The zero-order chi connectivity index (χ0) is 80.7. The third-order valence-corrected chi connectivity index (χ3v) is 21.6. The van der Waals surface area contributed by atoms with E-state index in [1.807, 2.05) is 50.5 Å². The van der Waals surface area contributed by atoms with Crippen molar-refractivity contribution in [2.45, 2.75) is 26.2 Å². The molecule has 17 aromatic carbocycles. The fraction of sp³-hybridized carbons (Fsp3) is 0.130. The van der Waals surface area contributed by atoms with Crippen LogP contribution in [0, 0.1) is 17.5 Å². The number of nitrogens with zero attached hydrogens (tertiary/aromatic N) is 4. The molecule has 0 radical (unpaired) electrons. The molecule has 0 N–H and O–H groups in total. The summed E-state index contributed by atoms with van der Waals surface area (Å²) in [5.74, 6) is -0.630. The standard InChI is InChI=1S/C34H33N.2C25H23FN.C24H20FN.2HI/c1-34(2,3)30-18-15-24(16-19-30)25-9-6-11-28(21-25)32-14-8-12-29-22-27(17-20-33(29)32)26-10-7-13-31(23-26)35(4)5;1-27(2,3)23-8-4-6-19(17-23)20-12-15-25-21(16-20)7-5-9-24(25)18-10-13-22(26)14-11-18;1-27(2,3)23-14-9-18(10-15-23)20-11-16-25-21(17-20)5-4-6-24(25)19-7-12-22(26)13-8-19;1-26(2)22-13-8-17(9-14-22)19-10-15-24-20(16-19)4-3-5-23(24)18-6-11-21(25)12-7-18;;/h6-23H,1-5H3;2*4-17H,1-3H3;3-16H,1-2H3;2*1H/q;2*+1;;;/p-2. The van der Waals surface area contributed by atoms with Gasteiger partial charge in [0.15, 0.2) is 0 Å². The van der Waals surface area contributed by atoms with Crippen LogP contribution in [-0.2, 0) is 5.41 Å². The van der Waals surface area contributed by atoms with E-state index in [0.717, 1.165) is 42.3 Å². The number of anilines is 2. The van der Waals surface area contributed by atoms with Crippen molar-refractivity contribution in [3.8, 4) is 100 Å². The zero-order valence-electron chi connectivity index (χ0n) is 68.8. The van der Waals surface area contributed by atoms with Crippen molar-refractivity contribution in [2.24, 2.45) is 0 Å².